The van der Waals surface area contributed by atoms with E-state index in [1.165, 1.54) is 0 Å². The predicted octanol–water partition coefficient (Wildman–Crippen LogP) is 3.58. The van der Waals surface area contributed by atoms with E-state index >= 15 is 0 Å². The summed E-state index contributed by atoms with van der Waals surface area (Å²) >= 11 is 0. The van der Waals surface area contributed by atoms with Gasteiger partial charge in [-0.3, -0.25) is 4.79 Å². The standard InChI is InChI=1S/C19H25NO5S/c1-19(2,3)12-18(21)20(14-17-6-5-11-24-17)13-15-7-9-16(10-8-15)25-26(4,22)23/h5-11H,12-14H2,1-4H3. The molecule has 2 rings (SSSR count). The molecule has 1 aromatic carbocycles. The van der Waals surface area contributed by atoms with Gasteiger partial charge in [-0.25, -0.2) is 0 Å². The first-order chi connectivity index (χ1) is 12.0. The van der Waals surface area contributed by atoms with Crippen LogP contribution in [0.5, 0.6) is 5.75 Å². The first kappa shape index (κ1) is 20.0. The number of benzene rings is 1. The molecule has 0 saturated heterocycles. The molecule has 0 fully saturated rings. The van der Waals surface area contributed by atoms with Gasteiger partial charge in [0.1, 0.15) is 11.5 Å². The van der Waals surface area contributed by atoms with Gasteiger partial charge in [0.05, 0.1) is 19.1 Å². The molecule has 0 saturated carbocycles. The molecule has 0 aliphatic heterocycles. The third kappa shape index (κ3) is 6.92. The molecule has 0 atom stereocenters. The molecule has 0 aliphatic rings. The third-order valence-corrected chi connectivity index (χ3v) is 4.00. The molecule has 0 bridgehead atoms. The summed E-state index contributed by atoms with van der Waals surface area (Å²) < 4.78 is 32.6. The van der Waals surface area contributed by atoms with E-state index < -0.39 is 10.1 Å². The summed E-state index contributed by atoms with van der Waals surface area (Å²) in [6, 6.07) is 10.3. The van der Waals surface area contributed by atoms with Gasteiger partial charge in [0.15, 0.2) is 0 Å². The maximum atomic E-state index is 12.7. The Morgan fingerprint density at radius 1 is 1.12 bits per heavy atom. The second-order valence-corrected chi connectivity index (χ2v) is 9.07. The smallest absolute Gasteiger partial charge is 0.306 e. The molecular formula is C19H25NO5S. The predicted molar refractivity (Wildman–Crippen MR) is 98.9 cm³/mol. The maximum absolute atomic E-state index is 12.7. The fourth-order valence-electron chi connectivity index (χ4n) is 2.43. The van der Waals surface area contributed by atoms with Crippen molar-refractivity contribution in [2.45, 2.75) is 40.3 Å². The van der Waals surface area contributed by atoms with Gasteiger partial charge >= 0.3 is 10.1 Å². The summed E-state index contributed by atoms with van der Waals surface area (Å²) in [5.41, 5.74) is 0.755. The van der Waals surface area contributed by atoms with Crippen LogP contribution < -0.4 is 4.18 Å². The summed E-state index contributed by atoms with van der Waals surface area (Å²) in [7, 11) is -3.56. The molecule has 2 aromatic rings. The molecule has 1 amide bonds. The monoisotopic (exact) mass is 379 g/mol. The number of furan rings is 1. The maximum Gasteiger partial charge on any atom is 0.306 e. The highest BCUT2D eigenvalue weighted by Gasteiger charge is 2.22. The Balaban J connectivity index is 2.13. The van der Waals surface area contributed by atoms with Crippen LogP contribution in [-0.4, -0.2) is 25.5 Å². The summed E-state index contributed by atoms with van der Waals surface area (Å²) in [4.78, 5) is 14.5. The van der Waals surface area contributed by atoms with E-state index in [0.29, 0.717) is 25.3 Å². The van der Waals surface area contributed by atoms with Crippen LogP contribution in [0.25, 0.3) is 0 Å². The minimum absolute atomic E-state index is 0.0327. The normalized spacial score (nSPS) is 12.0. The highest BCUT2D eigenvalue weighted by atomic mass is 32.2. The second kappa shape index (κ2) is 7.95. The van der Waals surface area contributed by atoms with E-state index in [0.717, 1.165) is 11.8 Å². The number of carbonyl (C=O) groups excluding carboxylic acids is 1. The number of carbonyl (C=O) groups is 1. The molecule has 0 aliphatic carbocycles. The highest BCUT2D eigenvalue weighted by Crippen LogP contribution is 2.22. The minimum Gasteiger partial charge on any atom is -0.467 e. The van der Waals surface area contributed by atoms with Crippen LogP contribution in [0.4, 0.5) is 0 Å². The molecule has 1 aromatic heterocycles. The van der Waals surface area contributed by atoms with Crippen LogP contribution in [0.15, 0.2) is 47.1 Å². The van der Waals surface area contributed by atoms with E-state index in [9.17, 15) is 13.2 Å². The molecule has 7 heteroatoms. The van der Waals surface area contributed by atoms with Gasteiger partial charge in [0.25, 0.3) is 0 Å². The molecule has 6 nitrogen and oxygen atoms in total. The van der Waals surface area contributed by atoms with E-state index in [1.807, 2.05) is 26.8 Å². The zero-order chi connectivity index (χ0) is 19.4. The van der Waals surface area contributed by atoms with Crippen molar-refractivity contribution in [1.82, 2.24) is 4.90 Å². The average Bonchev–Trinajstić information content (AvgIpc) is 2.98. The van der Waals surface area contributed by atoms with Crippen molar-refractivity contribution in [1.29, 1.82) is 0 Å². The number of amides is 1. The molecule has 0 N–H and O–H groups in total. The van der Waals surface area contributed by atoms with Gasteiger partial charge in [0.2, 0.25) is 5.91 Å². The van der Waals surface area contributed by atoms with Crippen molar-refractivity contribution in [3.05, 3.63) is 54.0 Å². The van der Waals surface area contributed by atoms with Gasteiger partial charge in [-0.05, 0) is 35.2 Å². The Hall–Kier alpha value is -2.28. The van der Waals surface area contributed by atoms with Crippen molar-refractivity contribution in [3.63, 3.8) is 0 Å². The summed E-state index contributed by atoms with van der Waals surface area (Å²) in [5.74, 6) is 0.990. The Morgan fingerprint density at radius 2 is 1.77 bits per heavy atom. The topological polar surface area (TPSA) is 76.8 Å². The van der Waals surface area contributed by atoms with E-state index in [1.54, 1.807) is 41.5 Å². The Labute approximate surface area is 154 Å². The summed E-state index contributed by atoms with van der Waals surface area (Å²) in [6.45, 7) is 6.84. The average molecular weight is 379 g/mol. The van der Waals surface area contributed by atoms with E-state index in [-0.39, 0.29) is 17.1 Å². The van der Waals surface area contributed by atoms with Gasteiger partial charge in [-0.1, -0.05) is 32.9 Å². The molecule has 26 heavy (non-hydrogen) atoms. The lowest BCUT2D eigenvalue weighted by Gasteiger charge is -2.26. The lowest BCUT2D eigenvalue weighted by Crippen LogP contribution is -2.32. The zero-order valence-electron chi connectivity index (χ0n) is 15.6. The van der Waals surface area contributed by atoms with Crippen LogP contribution in [0, 0.1) is 5.41 Å². The SMILES string of the molecule is CC(C)(C)CC(=O)N(Cc1ccc(OS(C)(=O)=O)cc1)Cc1ccco1. The number of nitrogens with zero attached hydrogens (tertiary/aromatic N) is 1. The van der Waals surface area contributed by atoms with E-state index in [2.05, 4.69) is 0 Å². The van der Waals surface area contributed by atoms with Gasteiger partial charge in [0, 0.05) is 13.0 Å². The van der Waals surface area contributed by atoms with Crippen LogP contribution in [0.3, 0.4) is 0 Å². The number of rotatable bonds is 7. The molecule has 1 heterocycles. The van der Waals surface area contributed by atoms with Gasteiger partial charge < -0.3 is 13.5 Å². The summed E-state index contributed by atoms with van der Waals surface area (Å²) in [6.07, 6.45) is 3.00. The Kier molecular flexibility index (Phi) is 6.13. The molecule has 142 valence electrons. The first-order valence-electron chi connectivity index (χ1n) is 8.30. The molecule has 0 radical (unpaired) electrons. The van der Waals surface area contributed by atoms with Gasteiger partial charge in [-0.15, -0.1) is 0 Å². The van der Waals surface area contributed by atoms with Crippen molar-refractivity contribution in [3.8, 4) is 5.75 Å². The fourth-order valence-corrected chi connectivity index (χ4v) is 2.89. The molecule has 0 unspecified atom stereocenters. The van der Waals surface area contributed by atoms with Crippen LogP contribution in [0.1, 0.15) is 38.5 Å². The Bertz CT molecular complexity index is 818. The number of hydrogen-bond donors (Lipinski definition) is 0. The summed E-state index contributed by atoms with van der Waals surface area (Å²) in [5, 5.41) is 0. The molecule has 0 spiro atoms. The highest BCUT2D eigenvalue weighted by molar-refractivity contribution is 7.86. The second-order valence-electron chi connectivity index (χ2n) is 7.50. The largest absolute Gasteiger partial charge is 0.467 e. The van der Waals surface area contributed by atoms with Crippen molar-refractivity contribution in [2.75, 3.05) is 6.26 Å². The van der Waals surface area contributed by atoms with E-state index in [4.69, 9.17) is 8.60 Å². The number of hydrogen-bond acceptors (Lipinski definition) is 5. The van der Waals surface area contributed by atoms with Gasteiger partial charge in [-0.2, -0.15) is 8.42 Å². The molecular weight excluding hydrogens is 354 g/mol. The lowest BCUT2D eigenvalue weighted by atomic mass is 9.91. The zero-order valence-corrected chi connectivity index (χ0v) is 16.4. The van der Waals surface area contributed by atoms with Crippen molar-refractivity contribution >= 4 is 16.0 Å². The lowest BCUT2D eigenvalue weighted by molar-refractivity contribution is -0.134. The van der Waals surface area contributed by atoms with Crippen molar-refractivity contribution in [2.24, 2.45) is 5.41 Å². The first-order valence-corrected chi connectivity index (χ1v) is 10.1. The Morgan fingerprint density at radius 3 is 2.27 bits per heavy atom. The quantitative estimate of drug-likeness (QED) is 0.687. The third-order valence-electron chi connectivity index (χ3n) is 3.51. The minimum atomic E-state index is -3.56. The van der Waals surface area contributed by atoms with Crippen LogP contribution >= 0.6 is 0 Å². The van der Waals surface area contributed by atoms with Crippen molar-refractivity contribution < 1.29 is 21.8 Å². The van der Waals surface area contributed by atoms with Crippen LogP contribution in [0.2, 0.25) is 0 Å². The van der Waals surface area contributed by atoms with Crippen LogP contribution in [-0.2, 0) is 28.0 Å². The fraction of sp³-hybridized carbons (Fsp3) is 0.421.